The van der Waals surface area contributed by atoms with Gasteiger partial charge in [-0.2, -0.15) is 0 Å². The maximum Gasteiger partial charge on any atom is 0.233 e. The van der Waals surface area contributed by atoms with E-state index in [0.717, 1.165) is 48.0 Å². The van der Waals surface area contributed by atoms with E-state index in [-0.39, 0.29) is 11.9 Å². The van der Waals surface area contributed by atoms with Crippen LogP contribution in [-0.2, 0) is 11.2 Å². The molecule has 1 aliphatic heterocycles. The van der Waals surface area contributed by atoms with Gasteiger partial charge in [-0.25, -0.2) is 0 Å². The fourth-order valence-electron chi connectivity index (χ4n) is 4.00. The second-order valence-corrected chi connectivity index (χ2v) is 8.22. The molecule has 1 aliphatic rings. The number of ether oxygens (including phenoxy) is 1. The summed E-state index contributed by atoms with van der Waals surface area (Å²) in [4.78, 5) is 15.1. The molecule has 1 saturated heterocycles. The maximum atomic E-state index is 13.1. The van der Waals surface area contributed by atoms with Crippen molar-refractivity contribution >= 4 is 17.7 Å². The number of likely N-dealkylation sites (tertiary alicyclic amines) is 1. The van der Waals surface area contributed by atoms with Gasteiger partial charge >= 0.3 is 0 Å². The van der Waals surface area contributed by atoms with Crippen LogP contribution < -0.4 is 4.74 Å². The third-order valence-corrected chi connectivity index (χ3v) is 6.45. The number of carbonyl (C=O) groups excluding carboxylic acids is 1. The van der Waals surface area contributed by atoms with Crippen molar-refractivity contribution in [3.8, 4) is 11.4 Å². The first-order valence-corrected chi connectivity index (χ1v) is 11.2. The zero-order valence-electron chi connectivity index (χ0n) is 17.3. The Morgan fingerprint density at radius 2 is 2.10 bits per heavy atom. The lowest BCUT2D eigenvalue weighted by atomic mass is 10.0. The second kappa shape index (κ2) is 9.34. The van der Waals surface area contributed by atoms with E-state index in [1.165, 1.54) is 17.3 Å². The summed E-state index contributed by atoms with van der Waals surface area (Å²) >= 11 is 1.44. The van der Waals surface area contributed by atoms with Gasteiger partial charge in [0.15, 0.2) is 5.16 Å². The van der Waals surface area contributed by atoms with Crippen LogP contribution in [0.4, 0.5) is 0 Å². The molecule has 0 spiro atoms. The number of para-hydroxylation sites is 1. The molecule has 0 aliphatic carbocycles. The Bertz CT molecular complexity index is 1020. The van der Waals surface area contributed by atoms with Crippen LogP contribution in [0, 0.1) is 0 Å². The first kappa shape index (κ1) is 20.5. The zero-order chi connectivity index (χ0) is 20.9. The van der Waals surface area contributed by atoms with Crippen molar-refractivity contribution in [2.45, 2.75) is 37.4 Å². The molecule has 0 radical (unpaired) electrons. The summed E-state index contributed by atoms with van der Waals surface area (Å²) in [5, 5.41) is 9.08. The number of benzene rings is 2. The summed E-state index contributed by atoms with van der Waals surface area (Å²) in [5.74, 6) is 1.29. The van der Waals surface area contributed by atoms with E-state index in [9.17, 15) is 4.79 Å². The zero-order valence-corrected chi connectivity index (χ0v) is 18.1. The van der Waals surface area contributed by atoms with E-state index in [1.54, 1.807) is 13.4 Å². The number of hydrogen-bond acceptors (Lipinski definition) is 5. The van der Waals surface area contributed by atoms with Crippen LogP contribution in [0.2, 0.25) is 0 Å². The lowest BCUT2D eigenvalue weighted by Crippen LogP contribution is -2.32. The van der Waals surface area contributed by atoms with Gasteiger partial charge in [-0.3, -0.25) is 9.36 Å². The molecule has 3 aromatic rings. The average Bonchev–Trinajstić information content (AvgIpc) is 3.47. The average molecular weight is 423 g/mol. The molecule has 4 rings (SSSR count). The summed E-state index contributed by atoms with van der Waals surface area (Å²) < 4.78 is 7.33. The quantitative estimate of drug-likeness (QED) is 0.532. The van der Waals surface area contributed by atoms with Crippen LogP contribution in [0.15, 0.2) is 60.0 Å². The molecule has 1 unspecified atom stereocenters. The Morgan fingerprint density at radius 3 is 2.93 bits per heavy atom. The molecule has 0 bridgehead atoms. The minimum absolute atomic E-state index is 0.104. The molecule has 30 heavy (non-hydrogen) atoms. The normalized spacial score (nSPS) is 16.1. The van der Waals surface area contributed by atoms with Gasteiger partial charge in [-0.15, -0.1) is 10.2 Å². The van der Waals surface area contributed by atoms with Gasteiger partial charge in [0.05, 0.1) is 24.6 Å². The lowest BCUT2D eigenvalue weighted by molar-refractivity contribution is -0.129. The highest BCUT2D eigenvalue weighted by molar-refractivity contribution is 7.99. The van der Waals surface area contributed by atoms with Crippen LogP contribution >= 0.6 is 11.8 Å². The summed E-state index contributed by atoms with van der Waals surface area (Å²) in [6.07, 6.45) is 4.63. The molecular weight excluding hydrogens is 396 g/mol. The highest BCUT2D eigenvalue weighted by Crippen LogP contribution is 2.34. The van der Waals surface area contributed by atoms with E-state index in [0.29, 0.717) is 5.75 Å². The lowest BCUT2D eigenvalue weighted by Gasteiger charge is -2.25. The summed E-state index contributed by atoms with van der Waals surface area (Å²) in [6.45, 7) is 2.91. The minimum Gasteiger partial charge on any atom is -0.497 e. The number of carbonyl (C=O) groups is 1. The minimum atomic E-state index is 0.104. The van der Waals surface area contributed by atoms with Crippen molar-refractivity contribution in [2.24, 2.45) is 0 Å². The molecule has 1 atom stereocenters. The van der Waals surface area contributed by atoms with Gasteiger partial charge in [0.2, 0.25) is 5.91 Å². The topological polar surface area (TPSA) is 60.2 Å². The van der Waals surface area contributed by atoms with Crippen LogP contribution in [0.3, 0.4) is 0 Å². The number of methoxy groups -OCH3 is 1. The van der Waals surface area contributed by atoms with Crippen LogP contribution in [-0.4, -0.2) is 45.0 Å². The molecule has 2 heterocycles. The monoisotopic (exact) mass is 422 g/mol. The number of nitrogens with zero attached hydrogens (tertiary/aromatic N) is 4. The fourth-order valence-corrected chi connectivity index (χ4v) is 4.81. The Kier molecular flexibility index (Phi) is 6.38. The molecule has 1 aromatic heterocycles. The van der Waals surface area contributed by atoms with E-state index >= 15 is 0 Å². The summed E-state index contributed by atoms with van der Waals surface area (Å²) in [7, 11) is 1.67. The number of aromatic nitrogens is 3. The Morgan fingerprint density at radius 1 is 1.23 bits per heavy atom. The summed E-state index contributed by atoms with van der Waals surface area (Å²) in [6, 6.07) is 16.3. The highest BCUT2D eigenvalue weighted by Gasteiger charge is 2.30. The van der Waals surface area contributed by atoms with Crippen molar-refractivity contribution in [2.75, 3.05) is 19.4 Å². The summed E-state index contributed by atoms with van der Waals surface area (Å²) in [5.41, 5.74) is 3.42. The molecule has 7 heteroatoms. The number of hydrogen-bond donors (Lipinski definition) is 0. The van der Waals surface area contributed by atoms with Gasteiger partial charge in [-0.1, -0.05) is 49.0 Å². The molecule has 1 fully saturated rings. The van der Waals surface area contributed by atoms with Crippen molar-refractivity contribution in [3.63, 3.8) is 0 Å². The third kappa shape index (κ3) is 4.21. The van der Waals surface area contributed by atoms with Crippen LogP contribution in [0.1, 0.15) is 36.9 Å². The van der Waals surface area contributed by atoms with Crippen LogP contribution in [0.25, 0.3) is 5.69 Å². The highest BCUT2D eigenvalue weighted by atomic mass is 32.2. The molecule has 6 nitrogen and oxygen atoms in total. The maximum absolute atomic E-state index is 13.1. The molecule has 0 saturated carbocycles. The predicted molar refractivity (Wildman–Crippen MR) is 118 cm³/mol. The number of aryl methyl sites for hydroxylation is 1. The first-order valence-electron chi connectivity index (χ1n) is 10.3. The molecular formula is C23H26N4O2S. The number of rotatable bonds is 7. The Balaban J connectivity index is 1.47. The number of amides is 1. The smallest absolute Gasteiger partial charge is 0.233 e. The molecule has 0 N–H and O–H groups in total. The third-order valence-electron chi connectivity index (χ3n) is 5.52. The van der Waals surface area contributed by atoms with Gasteiger partial charge in [0, 0.05) is 6.54 Å². The van der Waals surface area contributed by atoms with Crippen molar-refractivity contribution in [3.05, 3.63) is 66.0 Å². The molecule has 156 valence electrons. The standard InChI is InChI=1S/C23H26N4O2S/c1-3-17-8-4-5-11-20(17)27-16-24-25-23(27)30-15-22(28)26-13-7-12-21(26)18-9-6-10-19(14-18)29-2/h4-6,8-11,14,16,21H,3,7,12-13,15H2,1-2H3. The van der Waals surface area contributed by atoms with Crippen molar-refractivity contribution in [1.82, 2.24) is 19.7 Å². The predicted octanol–water partition coefficient (Wildman–Crippen LogP) is 4.29. The second-order valence-electron chi connectivity index (χ2n) is 7.28. The van der Waals surface area contributed by atoms with Gasteiger partial charge in [0.1, 0.15) is 12.1 Å². The SMILES string of the molecule is CCc1ccccc1-n1cnnc1SCC(=O)N1CCCC1c1cccc(OC)c1. The Labute approximate surface area is 181 Å². The molecule has 2 aromatic carbocycles. The van der Waals surface area contributed by atoms with E-state index in [4.69, 9.17) is 4.74 Å². The van der Waals surface area contributed by atoms with Crippen LogP contribution in [0.5, 0.6) is 5.75 Å². The first-order chi connectivity index (χ1) is 14.7. The van der Waals surface area contributed by atoms with E-state index < -0.39 is 0 Å². The molecule has 1 amide bonds. The Hall–Kier alpha value is -2.80. The van der Waals surface area contributed by atoms with Gasteiger partial charge in [-0.05, 0) is 48.6 Å². The largest absolute Gasteiger partial charge is 0.497 e. The number of thioether (sulfide) groups is 1. The van der Waals surface area contributed by atoms with E-state index in [2.05, 4.69) is 35.3 Å². The van der Waals surface area contributed by atoms with Gasteiger partial charge in [0.25, 0.3) is 0 Å². The van der Waals surface area contributed by atoms with E-state index in [1.807, 2.05) is 39.8 Å². The fraction of sp³-hybridized carbons (Fsp3) is 0.348. The van der Waals surface area contributed by atoms with Crippen molar-refractivity contribution < 1.29 is 9.53 Å². The van der Waals surface area contributed by atoms with Crippen molar-refractivity contribution in [1.29, 1.82) is 0 Å². The van der Waals surface area contributed by atoms with Gasteiger partial charge < -0.3 is 9.64 Å².